The maximum atomic E-state index is 12.4. The van der Waals surface area contributed by atoms with Crippen molar-refractivity contribution in [3.8, 4) is 0 Å². The molecule has 1 aromatic carbocycles. The topological polar surface area (TPSA) is 34.0 Å². The number of rotatable bonds is 3. The Morgan fingerprint density at radius 2 is 2.05 bits per heavy atom. The van der Waals surface area contributed by atoms with Gasteiger partial charge in [0.05, 0.1) is 0 Å². The lowest BCUT2D eigenvalue weighted by Crippen LogP contribution is -2.17. The van der Waals surface area contributed by atoms with Crippen LogP contribution in [0.25, 0.3) is 0 Å². The van der Waals surface area contributed by atoms with Gasteiger partial charge in [0, 0.05) is 27.4 Å². The first-order chi connectivity index (χ1) is 9.38. The van der Waals surface area contributed by atoms with Gasteiger partial charge in [0.25, 0.3) is 5.91 Å². The average molecular weight is 356 g/mol. The Labute approximate surface area is 132 Å². The molecule has 1 heterocycles. The molecular weight excluding hydrogens is 340 g/mol. The van der Waals surface area contributed by atoms with E-state index in [0.29, 0.717) is 16.4 Å². The number of nitrogens with one attached hydrogen (secondary N) is 1. The first kappa shape index (κ1) is 15.1. The van der Waals surface area contributed by atoms with E-state index in [1.54, 1.807) is 6.07 Å². The Morgan fingerprint density at radius 3 is 2.65 bits per heavy atom. The standard InChI is InChI=1S/C15H16BrClN2O/c1-9(2)19-8-11(16)6-14(19)15(20)18-12-5-4-10(3)13(17)7-12/h4-9H,1-3H3,(H,18,20). The van der Waals surface area contributed by atoms with E-state index < -0.39 is 0 Å². The summed E-state index contributed by atoms with van der Waals surface area (Å²) >= 11 is 9.47. The molecule has 1 N–H and O–H groups in total. The third-order valence-electron chi connectivity index (χ3n) is 3.03. The summed E-state index contributed by atoms with van der Waals surface area (Å²) in [7, 11) is 0. The summed E-state index contributed by atoms with van der Waals surface area (Å²) < 4.78 is 2.81. The molecule has 0 atom stereocenters. The number of aryl methyl sites for hydroxylation is 1. The Bertz CT molecular complexity index is 649. The minimum Gasteiger partial charge on any atom is -0.340 e. The number of hydrogen-bond acceptors (Lipinski definition) is 1. The Kier molecular flexibility index (Phi) is 4.55. The second-order valence-corrected chi connectivity index (χ2v) is 6.29. The van der Waals surface area contributed by atoms with Crippen LogP contribution in [0.5, 0.6) is 0 Å². The molecule has 5 heteroatoms. The highest BCUT2D eigenvalue weighted by molar-refractivity contribution is 9.10. The van der Waals surface area contributed by atoms with Gasteiger partial charge in [-0.3, -0.25) is 4.79 Å². The quantitative estimate of drug-likeness (QED) is 0.821. The van der Waals surface area contributed by atoms with Gasteiger partial charge in [0.2, 0.25) is 0 Å². The minimum absolute atomic E-state index is 0.149. The highest BCUT2D eigenvalue weighted by atomic mass is 79.9. The average Bonchev–Trinajstić information content (AvgIpc) is 2.76. The molecule has 0 aliphatic rings. The van der Waals surface area contributed by atoms with E-state index in [1.165, 1.54) is 0 Å². The second kappa shape index (κ2) is 6.02. The molecular formula is C15H16BrClN2O. The summed E-state index contributed by atoms with van der Waals surface area (Å²) in [5.74, 6) is -0.149. The largest absolute Gasteiger partial charge is 0.340 e. The number of benzene rings is 1. The van der Waals surface area contributed by atoms with Crippen LogP contribution >= 0.6 is 27.5 Å². The van der Waals surface area contributed by atoms with Crippen LogP contribution in [-0.4, -0.2) is 10.5 Å². The molecule has 0 saturated carbocycles. The molecule has 1 amide bonds. The number of carbonyl (C=O) groups excluding carboxylic acids is 1. The molecule has 0 bridgehead atoms. The zero-order valence-corrected chi connectivity index (χ0v) is 13.9. The van der Waals surface area contributed by atoms with Crippen molar-refractivity contribution in [3.63, 3.8) is 0 Å². The summed E-state index contributed by atoms with van der Waals surface area (Å²) in [6, 6.07) is 7.51. The number of carbonyl (C=O) groups is 1. The van der Waals surface area contributed by atoms with Crippen molar-refractivity contribution in [1.82, 2.24) is 4.57 Å². The first-order valence-corrected chi connectivity index (χ1v) is 7.50. The van der Waals surface area contributed by atoms with E-state index in [0.717, 1.165) is 10.0 Å². The normalized spacial score (nSPS) is 10.9. The van der Waals surface area contributed by atoms with Crippen molar-refractivity contribution in [2.24, 2.45) is 0 Å². The number of halogens is 2. The zero-order valence-electron chi connectivity index (χ0n) is 11.6. The van der Waals surface area contributed by atoms with Crippen LogP contribution in [0, 0.1) is 6.92 Å². The molecule has 0 aliphatic carbocycles. The van der Waals surface area contributed by atoms with Gasteiger partial charge in [-0.15, -0.1) is 0 Å². The third kappa shape index (κ3) is 3.25. The van der Waals surface area contributed by atoms with E-state index in [4.69, 9.17) is 11.6 Å². The molecule has 2 rings (SSSR count). The van der Waals surface area contributed by atoms with Crippen LogP contribution in [0.4, 0.5) is 5.69 Å². The van der Waals surface area contributed by atoms with Gasteiger partial charge in [-0.25, -0.2) is 0 Å². The summed E-state index contributed by atoms with van der Waals surface area (Å²) in [6.45, 7) is 5.99. The van der Waals surface area contributed by atoms with Crippen molar-refractivity contribution in [2.45, 2.75) is 26.8 Å². The van der Waals surface area contributed by atoms with Gasteiger partial charge in [0.1, 0.15) is 5.69 Å². The van der Waals surface area contributed by atoms with E-state index in [2.05, 4.69) is 21.2 Å². The van der Waals surface area contributed by atoms with Gasteiger partial charge in [0.15, 0.2) is 0 Å². The smallest absolute Gasteiger partial charge is 0.272 e. The Balaban J connectivity index is 2.26. The van der Waals surface area contributed by atoms with Crippen LogP contribution in [0.15, 0.2) is 34.9 Å². The van der Waals surface area contributed by atoms with Crippen LogP contribution in [0.1, 0.15) is 35.9 Å². The predicted molar refractivity (Wildman–Crippen MR) is 86.7 cm³/mol. The number of nitrogens with zero attached hydrogens (tertiary/aromatic N) is 1. The summed E-state index contributed by atoms with van der Waals surface area (Å²) in [5.41, 5.74) is 2.29. The van der Waals surface area contributed by atoms with Crippen LogP contribution in [0.2, 0.25) is 5.02 Å². The predicted octanol–water partition coefficient (Wildman–Crippen LogP) is 5.05. The third-order valence-corrected chi connectivity index (χ3v) is 3.87. The number of anilines is 1. The van der Waals surface area contributed by atoms with Crippen LogP contribution in [-0.2, 0) is 0 Å². The minimum atomic E-state index is -0.149. The molecule has 3 nitrogen and oxygen atoms in total. The number of hydrogen-bond donors (Lipinski definition) is 1. The fourth-order valence-electron chi connectivity index (χ4n) is 1.92. The van der Waals surface area contributed by atoms with E-state index in [-0.39, 0.29) is 11.9 Å². The molecule has 0 aliphatic heterocycles. The van der Waals surface area contributed by atoms with Gasteiger partial charge in [-0.05, 0) is 60.5 Å². The maximum absolute atomic E-state index is 12.4. The van der Waals surface area contributed by atoms with Crippen molar-refractivity contribution in [1.29, 1.82) is 0 Å². The molecule has 1 aromatic heterocycles. The molecule has 20 heavy (non-hydrogen) atoms. The lowest BCUT2D eigenvalue weighted by molar-refractivity contribution is 0.101. The van der Waals surface area contributed by atoms with Gasteiger partial charge in [-0.1, -0.05) is 17.7 Å². The molecule has 0 saturated heterocycles. The lowest BCUT2D eigenvalue weighted by Gasteiger charge is -2.13. The van der Waals surface area contributed by atoms with E-state index in [1.807, 2.05) is 49.7 Å². The molecule has 0 fully saturated rings. The molecule has 0 unspecified atom stereocenters. The Hall–Kier alpha value is -1.26. The van der Waals surface area contributed by atoms with Crippen molar-refractivity contribution in [3.05, 3.63) is 51.2 Å². The highest BCUT2D eigenvalue weighted by Crippen LogP contribution is 2.23. The fraction of sp³-hybridized carbons (Fsp3) is 0.267. The Morgan fingerprint density at radius 1 is 1.35 bits per heavy atom. The summed E-state index contributed by atoms with van der Waals surface area (Å²) in [5, 5.41) is 3.51. The fourth-order valence-corrected chi connectivity index (χ4v) is 2.54. The van der Waals surface area contributed by atoms with Crippen molar-refractivity contribution in [2.75, 3.05) is 5.32 Å². The first-order valence-electron chi connectivity index (χ1n) is 6.33. The number of amides is 1. The molecule has 0 radical (unpaired) electrons. The summed E-state index contributed by atoms with van der Waals surface area (Å²) in [4.78, 5) is 12.4. The summed E-state index contributed by atoms with van der Waals surface area (Å²) in [6.07, 6.45) is 1.90. The molecule has 106 valence electrons. The highest BCUT2D eigenvalue weighted by Gasteiger charge is 2.15. The van der Waals surface area contributed by atoms with Crippen molar-refractivity contribution >= 4 is 39.1 Å². The van der Waals surface area contributed by atoms with Crippen LogP contribution < -0.4 is 5.32 Å². The lowest BCUT2D eigenvalue weighted by atomic mass is 10.2. The second-order valence-electron chi connectivity index (χ2n) is 4.96. The number of aromatic nitrogens is 1. The van der Waals surface area contributed by atoms with E-state index in [9.17, 15) is 4.79 Å². The van der Waals surface area contributed by atoms with Gasteiger partial charge < -0.3 is 9.88 Å². The van der Waals surface area contributed by atoms with Crippen LogP contribution in [0.3, 0.4) is 0 Å². The maximum Gasteiger partial charge on any atom is 0.272 e. The zero-order chi connectivity index (χ0) is 14.9. The van der Waals surface area contributed by atoms with E-state index >= 15 is 0 Å². The molecule has 0 spiro atoms. The monoisotopic (exact) mass is 354 g/mol. The van der Waals surface area contributed by atoms with Crippen molar-refractivity contribution < 1.29 is 4.79 Å². The van der Waals surface area contributed by atoms with Gasteiger partial charge >= 0.3 is 0 Å². The SMILES string of the molecule is Cc1ccc(NC(=O)c2cc(Br)cn2C(C)C)cc1Cl. The van der Waals surface area contributed by atoms with Gasteiger partial charge in [-0.2, -0.15) is 0 Å². The molecule has 2 aromatic rings.